The van der Waals surface area contributed by atoms with Crippen molar-refractivity contribution in [3.8, 4) is 0 Å². The molecule has 0 spiro atoms. The molecule has 0 fully saturated rings. The zero-order valence-electron chi connectivity index (χ0n) is 13.2. The van der Waals surface area contributed by atoms with Gasteiger partial charge in [0.25, 0.3) is 0 Å². The number of aryl methyl sites for hydroxylation is 1. The van der Waals surface area contributed by atoms with Crippen molar-refractivity contribution in [2.75, 3.05) is 0 Å². The van der Waals surface area contributed by atoms with E-state index in [1.165, 1.54) is 0 Å². The van der Waals surface area contributed by atoms with Gasteiger partial charge >= 0.3 is 0 Å². The SMILES string of the molecule is Cc1cnc(C(C)NC(=O)[C@@H](N)Cc2c[nH]c3ccccc23)s1. The predicted octanol–water partition coefficient (Wildman–Crippen LogP) is 2.68. The summed E-state index contributed by atoms with van der Waals surface area (Å²) in [6, 6.07) is 7.29. The van der Waals surface area contributed by atoms with E-state index in [1.807, 2.05) is 50.5 Å². The maximum atomic E-state index is 12.3. The van der Waals surface area contributed by atoms with Crippen molar-refractivity contribution in [1.82, 2.24) is 15.3 Å². The van der Waals surface area contributed by atoms with Gasteiger partial charge in [-0.15, -0.1) is 11.3 Å². The normalized spacial score (nSPS) is 13.9. The van der Waals surface area contributed by atoms with Gasteiger partial charge in [0.2, 0.25) is 5.91 Å². The standard InChI is InChI=1S/C17H20N4OS/c1-10-8-20-17(23-10)11(2)21-16(22)14(18)7-12-9-19-15-6-4-3-5-13(12)15/h3-6,8-9,11,14,19H,7,18H2,1-2H3,(H,21,22)/t11?,14-/m0/s1. The number of nitrogens with zero attached hydrogens (tertiary/aromatic N) is 1. The molecule has 4 N–H and O–H groups in total. The zero-order chi connectivity index (χ0) is 16.4. The summed E-state index contributed by atoms with van der Waals surface area (Å²) in [4.78, 5) is 21.0. The number of para-hydroxylation sites is 1. The van der Waals surface area contributed by atoms with Crippen LogP contribution in [0.5, 0.6) is 0 Å². The molecular formula is C17H20N4OS. The molecule has 5 nitrogen and oxygen atoms in total. The van der Waals surface area contributed by atoms with Crippen molar-refractivity contribution in [2.24, 2.45) is 5.73 Å². The number of benzene rings is 1. The van der Waals surface area contributed by atoms with Gasteiger partial charge in [0.05, 0.1) is 12.1 Å². The van der Waals surface area contributed by atoms with Crippen LogP contribution < -0.4 is 11.1 Å². The third-order valence-corrected chi connectivity index (χ3v) is 4.92. The van der Waals surface area contributed by atoms with Gasteiger partial charge in [-0.1, -0.05) is 18.2 Å². The molecule has 0 aliphatic heterocycles. The first-order valence-corrected chi connectivity index (χ1v) is 8.39. The van der Waals surface area contributed by atoms with Gasteiger partial charge in [0.1, 0.15) is 5.01 Å². The van der Waals surface area contributed by atoms with Crippen LogP contribution in [0.1, 0.15) is 28.4 Å². The Morgan fingerprint density at radius 3 is 2.96 bits per heavy atom. The van der Waals surface area contributed by atoms with Crippen LogP contribution in [-0.4, -0.2) is 21.9 Å². The van der Waals surface area contributed by atoms with Crippen LogP contribution >= 0.6 is 11.3 Å². The summed E-state index contributed by atoms with van der Waals surface area (Å²) in [5, 5.41) is 4.95. The summed E-state index contributed by atoms with van der Waals surface area (Å²) in [5.41, 5.74) is 8.20. The second-order valence-corrected chi connectivity index (χ2v) is 6.98. The summed E-state index contributed by atoms with van der Waals surface area (Å²) in [6.07, 6.45) is 4.24. The Morgan fingerprint density at radius 1 is 1.43 bits per heavy atom. The number of carbonyl (C=O) groups excluding carboxylic acids is 1. The molecule has 2 heterocycles. The zero-order valence-corrected chi connectivity index (χ0v) is 14.0. The Labute approximate surface area is 138 Å². The Bertz CT molecular complexity index is 823. The predicted molar refractivity (Wildman–Crippen MR) is 93.4 cm³/mol. The molecule has 0 saturated carbocycles. The Balaban J connectivity index is 1.65. The van der Waals surface area contributed by atoms with Crippen LogP contribution in [0, 0.1) is 6.92 Å². The largest absolute Gasteiger partial charge is 0.361 e. The average molecular weight is 328 g/mol. The van der Waals surface area contributed by atoms with E-state index < -0.39 is 6.04 Å². The van der Waals surface area contributed by atoms with Gasteiger partial charge in [0, 0.05) is 28.2 Å². The minimum atomic E-state index is -0.585. The van der Waals surface area contributed by atoms with Crippen molar-refractivity contribution in [3.05, 3.63) is 52.1 Å². The first-order valence-electron chi connectivity index (χ1n) is 7.58. The van der Waals surface area contributed by atoms with Gasteiger partial charge in [-0.2, -0.15) is 0 Å². The fourth-order valence-electron chi connectivity index (χ4n) is 2.58. The quantitative estimate of drug-likeness (QED) is 0.673. The minimum Gasteiger partial charge on any atom is -0.361 e. The molecule has 1 amide bonds. The molecule has 0 aliphatic carbocycles. The van der Waals surface area contributed by atoms with E-state index in [0.717, 1.165) is 26.4 Å². The van der Waals surface area contributed by atoms with E-state index in [1.54, 1.807) is 11.3 Å². The molecule has 0 saturated heterocycles. The fraction of sp³-hybridized carbons (Fsp3) is 0.294. The Kier molecular flexibility index (Phi) is 4.45. The summed E-state index contributed by atoms with van der Waals surface area (Å²) < 4.78 is 0. The first-order chi connectivity index (χ1) is 11.0. The molecule has 23 heavy (non-hydrogen) atoms. The van der Waals surface area contributed by atoms with Crippen LogP contribution in [0.3, 0.4) is 0 Å². The minimum absolute atomic E-state index is 0.129. The van der Waals surface area contributed by atoms with E-state index in [2.05, 4.69) is 15.3 Å². The van der Waals surface area contributed by atoms with Crippen molar-refractivity contribution >= 4 is 28.1 Å². The molecule has 1 aromatic carbocycles. The van der Waals surface area contributed by atoms with E-state index in [-0.39, 0.29) is 11.9 Å². The number of H-pyrrole nitrogens is 1. The van der Waals surface area contributed by atoms with E-state index >= 15 is 0 Å². The van der Waals surface area contributed by atoms with E-state index in [0.29, 0.717) is 6.42 Å². The molecule has 2 atom stereocenters. The summed E-state index contributed by atoms with van der Waals surface area (Å²) >= 11 is 1.59. The molecular weight excluding hydrogens is 308 g/mol. The first kappa shape index (κ1) is 15.7. The van der Waals surface area contributed by atoms with Crippen molar-refractivity contribution in [2.45, 2.75) is 32.4 Å². The summed E-state index contributed by atoms with van der Waals surface area (Å²) in [5.74, 6) is -0.157. The number of fused-ring (bicyclic) bond motifs is 1. The summed E-state index contributed by atoms with van der Waals surface area (Å²) in [7, 11) is 0. The van der Waals surface area contributed by atoms with Crippen molar-refractivity contribution in [3.63, 3.8) is 0 Å². The van der Waals surface area contributed by atoms with Gasteiger partial charge in [-0.3, -0.25) is 4.79 Å². The van der Waals surface area contributed by atoms with Crippen molar-refractivity contribution in [1.29, 1.82) is 0 Å². The lowest BCUT2D eigenvalue weighted by molar-refractivity contribution is -0.123. The molecule has 0 aliphatic rings. The van der Waals surface area contributed by atoms with Crippen LogP contribution in [-0.2, 0) is 11.2 Å². The number of aromatic nitrogens is 2. The second-order valence-electron chi connectivity index (χ2n) is 5.71. The van der Waals surface area contributed by atoms with E-state index in [9.17, 15) is 4.79 Å². The molecule has 2 aromatic heterocycles. The lowest BCUT2D eigenvalue weighted by Crippen LogP contribution is -2.42. The van der Waals surface area contributed by atoms with Crippen LogP contribution in [0.15, 0.2) is 36.7 Å². The Morgan fingerprint density at radius 2 is 2.22 bits per heavy atom. The third kappa shape index (κ3) is 3.43. The molecule has 3 rings (SSSR count). The van der Waals surface area contributed by atoms with Gasteiger partial charge < -0.3 is 16.0 Å². The fourth-order valence-corrected chi connectivity index (χ4v) is 3.36. The number of hydrogen-bond donors (Lipinski definition) is 3. The molecule has 0 bridgehead atoms. The summed E-state index contributed by atoms with van der Waals surface area (Å²) in [6.45, 7) is 3.92. The van der Waals surface area contributed by atoms with Crippen molar-refractivity contribution < 1.29 is 4.79 Å². The number of thiazole rings is 1. The molecule has 120 valence electrons. The second kappa shape index (κ2) is 6.52. The van der Waals surface area contributed by atoms with Crippen LogP contribution in [0.2, 0.25) is 0 Å². The smallest absolute Gasteiger partial charge is 0.237 e. The highest BCUT2D eigenvalue weighted by atomic mass is 32.1. The van der Waals surface area contributed by atoms with Crippen LogP contribution in [0.4, 0.5) is 0 Å². The van der Waals surface area contributed by atoms with Crippen LogP contribution in [0.25, 0.3) is 10.9 Å². The van der Waals surface area contributed by atoms with E-state index in [4.69, 9.17) is 5.73 Å². The third-order valence-electron chi connectivity index (χ3n) is 3.82. The topological polar surface area (TPSA) is 83.8 Å². The number of amides is 1. The maximum absolute atomic E-state index is 12.3. The number of rotatable bonds is 5. The number of carbonyl (C=O) groups is 1. The molecule has 1 unspecified atom stereocenters. The van der Waals surface area contributed by atoms with Gasteiger partial charge in [-0.25, -0.2) is 4.98 Å². The van der Waals surface area contributed by atoms with Gasteiger partial charge in [0.15, 0.2) is 0 Å². The lowest BCUT2D eigenvalue weighted by Gasteiger charge is -2.15. The number of hydrogen-bond acceptors (Lipinski definition) is 4. The molecule has 3 aromatic rings. The highest BCUT2D eigenvalue weighted by Gasteiger charge is 2.19. The highest BCUT2D eigenvalue weighted by molar-refractivity contribution is 7.11. The molecule has 0 radical (unpaired) electrons. The maximum Gasteiger partial charge on any atom is 0.237 e. The monoisotopic (exact) mass is 328 g/mol. The lowest BCUT2D eigenvalue weighted by atomic mass is 10.0. The number of aromatic amines is 1. The molecule has 6 heteroatoms. The number of nitrogens with one attached hydrogen (secondary N) is 2. The van der Waals surface area contributed by atoms with Gasteiger partial charge in [-0.05, 0) is 31.9 Å². The number of nitrogens with two attached hydrogens (primary N) is 1. The highest BCUT2D eigenvalue weighted by Crippen LogP contribution is 2.20. The Hall–Kier alpha value is -2.18. The average Bonchev–Trinajstić information content (AvgIpc) is 3.14.